The van der Waals surface area contributed by atoms with Gasteiger partial charge in [-0.25, -0.2) is 4.98 Å². The van der Waals surface area contributed by atoms with Crippen LogP contribution in [-0.4, -0.2) is 41.3 Å². The first-order chi connectivity index (χ1) is 10.3. The SMILES string of the molecule is COc1ccccc1OCC(=O)NCCCc1ncn[nH]1. The van der Waals surface area contributed by atoms with Gasteiger partial charge in [0.15, 0.2) is 18.1 Å². The monoisotopic (exact) mass is 290 g/mol. The Morgan fingerprint density at radius 2 is 2.14 bits per heavy atom. The lowest BCUT2D eigenvalue weighted by Gasteiger charge is -2.10. The van der Waals surface area contributed by atoms with Crippen LogP contribution in [0, 0.1) is 0 Å². The van der Waals surface area contributed by atoms with E-state index in [1.807, 2.05) is 12.1 Å². The van der Waals surface area contributed by atoms with Gasteiger partial charge >= 0.3 is 0 Å². The Hall–Kier alpha value is -2.57. The van der Waals surface area contributed by atoms with Crippen LogP contribution in [0.5, 0.6) is 11.5 Å². The number of ether oxygens (including phenoxy) is 2. The number of hydrogen-bond donors (Lipinski definition) is 2. The van der Waals surface area contributed by atoms with Gasteiger partial charge in [-0.05, 0) is 18.6 Å². The van der Waals surface area contributed by atoms with Crippen molar-refractivity contribution in [3.63, 3.8) is 0 Å². The molecule has 0 aliphatic heterocycles. The smallest absolute Gasteiger partial charge is 0.257 e. The van der Waals surface area contributed by atoms with Gasteiger partial charge in [0.05, 0.1) is 7.11 Å². The topological polar surface area (TPSA) is 89.1 Å². The Morgan fingerprint density at radius 3 is 2.86 bits per heavy atom. The first-order valence-electron chi connectivity index (χ1n) is 6.66. The standard InChI is InChI=1S/C14H18N4O3/c1-20-11-5-2-3-6-12(11)21-9-14(19)15-8-4-7-13-16-10-17-18-13/h2-3,5-6,10H,4,7-9H2,1H3,(H,15,19)(H,16,17,18). The fourth-order valence-corrected chi connectivity index (χ4v) is 1.77. The summed E-state index contributed by atoms with van der Waals surface area (Å²) in [6.07, 6.45) is 3.00. The van der Waals surface area contributed by atoms with E-state index in [2.05, 4.69) is 20.5 Å². The Kier molecular flexibility index (Phi) is 5.57. The Bertz CT molecular complexity index is 557. The molecule has 0 bridgehead atoms. The fourth-order valence-electron chi connectivity index (χ4n) is 1.77. The lowest BCUT2D eigenvalue weighted by molar-refractivity contribution is -0.123. The molecule has 1 amide bonds. The third-order valence-corrected chi connectivity index (χ3v) is 2.81. The van der Waals surface area contributed by atoms with E-state index in [0.717, 1.165) is 18.7 Å². The summed E-state index contributed by atoms with van der Waals surface area (Å²) in [5.41, 5.74) is 0. The number of aryl methyl sites for hydroxylation is 1. The minimum atomic E-state index is -0.168. The molecule has 7 nitrogen and oxygen atoms in total. The highest BCUT2D eigenvalue weighted by molar-refractivity contribution is 5.77. The second-order valence-corrected chi connectivity index (χ2v) is 4.33. The number of hydrogen-bond acceptors (Lipinski definition) is 5. The first kappa shape index (κ1) is 14.8. The summed E-state index contributed by atoms with van der Waals surface area (Å²) in [5, 5.41) is 9.32. The molecule has 0 spiro atoms. The minimum Gasteiger partial charge on any atom is -0.493 e. The van der Waals surface area contributed by atoms with Crippen LogP contribution in [0.15, 0.2) is 30.6 Å². The molecule has 0 atom stereocenters. The molecule has 7 heteroatoms. The van der Waals surface area contributed by atoms with Crippen molar-refractivity contribution in [1.82, 2.24) is 20.5 Å². The van der Waals surface area contributed by atoms with E-state index >= 15 is 0 Å². The van der Waals surface area contributed by atoms with Crippen LogP contribution >= 0.6 is 0 Å². The van der Waals surface area contributed by atoms with Crippen molar-refractivity contribution in [3.8, 4) is 11.5 Å². The van der Waals surface area contributed by atoms with E-state index in [-0.39, 0.29) is 12.5 Å². The molecule has 21 heavy (non-hydrogen) atoms. The molecular weight excluding hydrogens is 272 g/mol. The second-order valence-electron chi connectivity index (χ2n) is 4.33. The zero-order valence-corrected chi connectivity index (χ0v) is 11.8. The van der Waals surface area contributed by atoms with Gasteiger partial charge in [0.1, 0.15) is 12.2 Å². The van der Waals surface area contributed by atoms with Crippen molar-refractivity contribution in [3.05, 3.63) is 36.4 Å². The molecule has 112 valence electrons. The number of aromatic nitrogens is 3. The maximum Gasteiger partial charge on any atom is 0.257 e. The van der Waals surface area contributed by atoms with Crippen LogP contribution in [0.3, 0.4) is 0 Å². The number of nitrogens with one attached hydrogen (secondary N) is 2. The number of amides is 1. The van der Waals surface area contributed by atoms with Gasteiger partial charge < -0.3 is 14.8 Å². The number of carbonyl (C=O) groups is 1. The predicted octanol–water partition coefficient (Wildman–Crippen LogP) is 0.941. The molecule has 1 aromatic heterocycles. The van der Waals surface area contributed by atoms with E-state index in [4.69, 9.17) is 9.47 Å². The average Bonchev–Trinajstić information content (AvgIpc) is 3.03. The lowest BCUT2D eigenvalue weighted by Crippen LogP contribution is -2.30. The summed E-state index contributed by atoms with van der Waals surface area (Å²) in [4.78, 5) is 15.7. The normalized spacial score (nSPS) is 10.1. The number of para-hydroxylation sites is 2. The molecule has 0 radical (unpaired) electrons. The van der Waals surface area contributed by atoms with Crippen LogP contribution in [0.1, 0.15) is 12.2 Å². The van der Waals surface area contributed by atoms with Crippen molar-refractivity contribution in [2.45, 2.75) is 12.8 Å². The van der Waals surface area contributed by atoms with Crippen molar-refractivity contribution in [1.29, 1.82) is 0 Å². The van der Waals surface area contributed by atoms with Crippen LogP contribution in [-0.2, 0) is 11.2 Å². The van der Waals surface area contributed by atoms with Crippen molar-refractivity contribution >= 4 is 5.91 Å². The predicted molar refractivity (Wildman–Crippen MR) is 76.2 cm³/mol. The van der Waals surface area contributed by atoms with E-state index in [9.17, 15) is 4.79 Å². The largest absolute Gasteiger partial charge is 0.493 e. The number of benzene rings is 1. The number of aromatic amines is 1. The molecule has 0 fully saturated rings. The summed E-state index contributed by atoms with van der Waals surface area (Å²) in [7, 11) is 1.56. The van der Waals surface area contributed by atoms with Gasteiger partial charge in [0.2, 0.25) is 0 Å². The van der Waals surface area contributed by atoms with Crippen LogP contribution in [0.4, 0.5) is 0 Å². The zero-order chi connectivity index (χ0) is 14.9. The number of H-pyrrole nitrogens is 1. The van der Waals surface area contributed by atoms with Gasteiger partial charge in [-0.1, -0.05) is 12.1 Å². The third kappa shape index (κ3) is 4.79. The summed E-state index contributed by atoms with van der Waals surface area (Å²) in [6.45, 7) is 0.525. The highest BCUT2D eigenvalue weighted by Crippen LogP contribution is 2.25. The van der Waals surface area contributed by atoms with Gasteiger partial charge in [-0.2, -0.15) is 5.10 Å². The highest BCUT2D eigenvalue weighted by Gasteiger charge is 2.06. The Balaban J connectivity index is 1.65. The average molecular weight is 290 g/mol. The maximum absolute atomic E-state index is 11.7. The van der Waals surface area contributed by atoms with Crippen molar-refractivity contribution in [2.75, 3.05) is 20.3 Å². The third-order valence-electron chi connectivity index (χ3n) is 2.81. The molecule has 0 unspecified atom stereocenters. The molecule has 0 saturated heterocycles. The molecule has 1 aromatic carbocycles. The summed E-state index contributed by atoms with van der Waals surface area (Å²) >= 11 is 0. The van der Waals surface area contributed by atoms with Gasteiger partial charge in [-0.15, -0.1) is 0 Å². The molecule has 2 rings (SSSR count). The Morgan fingerprint density at radius 1 is 1.33 bits per heavy atom. The summed E-state index contributed by atoms with van der Waals surface area (Å²) in [5.74, 6) is 1.81. The second kappa shape index (κ2) is 7.88. The summed E-state index contributed by atoms with van der Waals surface area (Å²) in [6, 6.07) is 7.21. The van der Waals surface area contributed by atoms with Crippen LogP contribution in [0.2, 0.25) is 0 Å². The minimum absolute atomic E-state index is 0.0390. The van der Waals surface area contributed by atoms with Gasteiger partial charge in [0, 0.05) is 13.0 Å². The van der Waals surface area contributed by atoms with E-state index in [1.54, 1.807) is 19.2 Å². The van der Waals surface area contributed by atoms with Crippen LogP contribution < -0.4 is 14.8 Å². The van der Waals surface area contributed by atoms with Crippen LogP contribution in [0.25, 0.3) is 0 Å². The molecule has 0 aliphatic rings. The number of methoxy groups -OCH3 is 1. The molecule has 0 saturated carbocycles. The number of rotatable bonds is 8. The lowest BCUT2D eigenvalue weighted by atomic mass is 10.3. The quantitative estimate of drug-likeness (QED) is 0.706. The van der Waals surface area contributed by atoms with E-state index in [0.29, 0.717) is 18.0 Å². The molecule has 0 aliphatic carbocycles. The number of nitrogens with zero attached hydrogens (tertiary/aromatic N) is 2. The molecular formula is C14H18N4O3. The number of carbonyl (C=O) groups excluding carboxylic acids is 1. The van der Waals surface area contributed by atoms with Gasteiger partial charge in [-0.3, -0.25) is 9.89 Å². The first-order valence-corrected chi connectivity index (χ1v) is 6.66. The maximum atomic E-state index is 11.7. The van der Waals surface area contributed by atoms with Crippen molar-refractivity contribution in [2.24, 2.45) is 0 Å². The van der Waals surface area contributed by atoms with Gasteiger partial charge in [0.25, 0.3) is 5.91 Å². The van der Waals surface area contributed by atoms with E-state index in [1.165, 1.54) is 6.33 Å². The zero-order valence-electron chi connectivity index (χ0n) is 11.8. The highest BCUT2D eigenvalue weighted by atomic mass is 16.5. The molecule has 2 N–H and O–H groups in total. The Labute approximate surface area is 122 Å². The molecule has 2 aromatic rings. The van der Waals surface area contributed by atoms with Crippen molar-refractivity contribution < 1.29 is 14.3 Å². The fraction of sp³-hybridized carbons (Fsp3) is 0.357. The summed E-state index contributed by atoms with van der Waals surface area (Å²) < 4.78 is 10.6. The van der Waals surface area contributed by atoms with E-state index < -0.39 is 0 Å². The molecule has 1 heterocycles.